The van der Waals surface area contributed by atoms with Gasteiger partial charge in [-0.15, -0.1) is 0 Å². The zero-order valence-electron chi connectivity index (χ0n) is 8.72. The number of rotatable bonds is 2. The van der Waals surface area contributed by atoms with E-state index in [9.17, 15) is 20.2 Å². The van der Waals surface area contributed by atoms with Gasteiger partial charge in [-0.05, 0) is 14.4 Å². The molecule has 0 fully saturated rings. The third kappa shape index (κ3) is 1.20. The zero-order chi connectivity index (χ0) is 13.7. The fourth-order valence-electron chi connectivity index (χ4n) is 1.74. The SMILES string of the molecule is NOc1c([N+](=O)[O-])c2no[n+](=O)c2c2[nH]o[n+]([O-])c12. The van der Waals surface area contributed by atoms with Crippen molar-refractivity contribution in [1.82, 2.24) is 10.3 Å². The number of nitro groups is 1. The fourth-order valence-corrected chi connectivity index (χ4v) is 1.74. The van der Waals surface area contributed by atoms with Crippen molar-refractivity contribution in [2.24, 2.45) is 5.90 Å². The van der Waals surface area contributed by atoms with E-state index in [1.54, 1.807) is 0 Å². The van der Waals surface area contributed by atoms with Gasteiger partial charge >= 0.3 is 16.7 Å². The summed E-state index contributed by atoms with van der Waals surface area (Å²) < 4.78 is 8.53. The Bertz CT molecular complexity index is 874. The van der Waals surface area contributed by atoms with E-state index in [0.717, 1.165) is 0 Å². The number of nitrogens with two attached hydrogens (primary N) is 1. The summed E-state index contributed by atoms with van der Waals surface area (Å²) in [7, 11) is 0. The van der Waals surface area contributed by atoms with Crippen LogP contribution in [0.2, 0.25) is 0 Å². The van der Waals surface area contributed by atoms with Crippen LogP contribution in [-0.2, 0) is 0 Å². The minimum absolute atomic E-state index is 0.114. The molecule has 13 heteroatoms. The molecule has 0 saturated carbocycles. The zero-order valence-corrected chi connectivity index (χ0v) is 8.72. The first-order valence-electron chi connectivity index (χ1n) is 4.57. The number of aromatic nitrogens is 4. The lowest BCUT2D eigenvalue weighted by atomic mass is 10.2. The fraction of sp³-hybridized carbons (Fsp3) is 0. The van der Waals surface area contributed by atoms with Crippen LogP contribution in [0.1, 0.15) is 0 Å². The monoisotopic (exact) mass is 271 g/mol. The van der Waals surface area contributed by atoms with Crippen LogP contribution < -0.4 is 20.2 Å². The summed E-state index contributed by atoms with van der Waals surface area (Å²) in [6, 6.07) is 0. The smallest absolute Gasteiger partial charge is 0.378 e. The lowest BCUT2D eigenvalue weighted by Crippen LogP contribution is -2.24. The minimum Gasteiger partial charge on any atom is -0.399 e. The van der Waals surface area contributed by atoms with E-state index in [2.05, 4.69) is 24.4 Å². The molecule has 0 bridgehead atoms. The van der Waals surface area contributed by atoms with Crippen LogP contribution >= 0.6 is 0 Å². The summed E-state index contributed by atoms with van der Waals surface area (Å²) in [6.45, 7) is 0. The van der Waals surface area contributed by atoms with E-state index in [0.29, 0.717) is 0 Å². The number of H-pyrrole nitrogens is 1. The highest BCUT2D eigenvalue weighted by atomic mass is 16.8. The molecule has 3 rings (SSSR count). The summed E-state index contributed by atoms with van der Waals surface area (Å²) >= 11 is 0. The number of nitro benzene ring substituents is 1. The molecule has 0 saturated heterocycles. The maximum Gasteiger partial charge on any atom is 0.378 e. The van der Waals surface area contributed by atoms with E-state index in [1.165, 1.54) is 0 Å². The molecular formula is C6H3N6O7+. The van der Waals surface area contributed by atoms with E-state index >= 15 is 0 Å². The molecular weight excluding hydrogens is 268 g/mol. The number of nitrogens with zero attached hydrogens (tertiary/aromatic N) is 4. The second-order valence-corrected chi connectivity index (χ2v) is 3.35. The molecule has 0 unspecified atom stereocenters. The largest absolute Gasteiger partial charge is 0.399 e. The molecule has 98 valence electrons. The highest BCUT2D eigenvalue weighted by Gasteiger charge is 2.40. The van der Waals surface area contributed by atoms with Crippen molar-refractivity contribution in [3.63, 3.8) is 0 Å². The summed E-state index contributed by atoms with van der Waals surface area (Å²) in [5, 5.41) is 27.7. The Morgan fingerprint density at radius 1 is 1.47 bits per heavy atom. The lowest BCUT2D eigenvalue weighted by molar-refractivity contribution is -0.782. The Morgan fingerprint density at radius 2 is 2.21 bits per heavy atom. The number of hydrogen-bond acceptors (Lipinski definition) is 9. The second-order valence-electron chi connectivity index (χ2n) is 3.35. The van der Waals surface area contributed by atoms with Gasteiger partial charge in [-0.3, -0.25) is 10.1 Å². The van der Waals surface area contributed by atoms with Crippen LogP contribution in [0.4, 0.5) is 5.69 Å². The molecule has 1 aromatic carbocycles. The molecule has 0 aliphatic heterocycles. The molecule has 2 aromatic heterocycles. The third-order valence-corrected chi connectivity index (χ3v) is 2.45. The van der Waals surface area contributed by atoms with Crippen molar-refractivity contribution in [3.8, 4) is 5.75 Å². The van der Waals surface area contributed by atoms with Crippen molar-refractivity contribution in [2.75, 3.05) is 0 Å². The molecule has 0 radical (unpaired) electrons. The first kappa shape index (κ1) is 10.9. The Morgan fingerprint density at radius 3 is 2.84 bits per heavy atom. The van der Waals surface area contributed by atoms with Gasteiger partial charge < -0.3 is 14.7 Å². The molecule has 3 aromatic rings. The van der Waals surface area contributed by atoms with Crippen LogP contribution in [0.5, 0.6) is 5.75 Å². The van der Waals surface area contributed by atoms with Gasteiger partial charge in [0, 0.05) is 0 Å². The van der Waals surface area contributed by atoms with E-state index in [-0.39, 0.29) is 20.5 Å². The highest BCUT2D eigenvalue weighted by Crippen LogP contribution is 2.38. The Labute approximate surface area is 99.4 Å². The van der Waals surface area contributed by atoms with Gasteiger partial charge in [0.05, 0.1) is 4.92 Å². The third-order valence-electron chi connectivity index (χ3n) is 2.45. The van der Waals surface area contributed by atoms with Crippen LogP contribution in [0.3, 0.4) is 0 Å². The molecule has 0 aliphatic carbocycles. The van der Waals surface area contributed by atoms with Gasteiger partial charge in [-0.25, -0.2) is 0 Å². The average molecular weight is 271 g/mol. The molecule has 0 atom stereocenters. The first-order chi connectivity index (χ1) is 9.06. The maximum absolute atomic E-state index is 11.4. The molecule has 3 N–H and O–H groups in total. The average Bonchev–Trinajstić information content (AvgIpc) is 2.92. The second kappa shape index (κ2) is 3.39. The quantitative estimate of drug-likeness (QED) is 0.321. The number of aromatic amines is 1. The normalized spacial score (nSPS) is 11.2. The van der Waals surface area contributed by atoms with Crippen molar-refractivity contribution in [3.05, 3.63) is 20.2 Å². The van der Waals surface area contributed by atoms with Gasteiger partial charge in [0.2, 0.25) is 0 Å². The van der Waals surface area contributed by atoms with Crippen LogP contribution in [0.15, 0.2) is 9.26 Å². The topological polar surface area (TPSA) is 183 Å². The molecule has 2 heterocycles. The molecule has 19 heavy (non-hydrogen) atoms. The van der Waals surface area contributed by atoms with Gasteiger partial charge in [0.15, 0.2) is 9.76 Å². The summed E-state index contributed by atoms with van der Waals surface area (Å²) in [6.07, 6.45) is 0. The number of fused-ring (bicyclic) bond motifs is 3. The van der Waals surface area contributed by atoms with E-state index < -0.39 is 27.4 Å². The first-order valence-corrected chi connectivity index (χ1v) is 4.57. The van der Waals surface area contributed by atoms with Crippen LogP contribution in [-0.4, -0.2) is 15.2 Å². The molecule has 0 amide bonds. The van der Waals surface area contributed by atoms with Gasteiger partial charge in [0.1, 0.15) is 0 Å². The standard InChI is InChI=1S/C6H3N6O7/c7-17-6-4(10(13)14)1-3(11(15)18-8-1)2-5(6)12(16)19-9-2/h9H,7H2/q+1. The summed E-state index contributed by atoms with van der Waals surface area (Å²) in [5.41, 5.74) is -2.28. The van der Waals surface area contributed by atoms with E-state index in [1.807, 2.05) is 0 Å². The molecule has 0 spiro atoms. The Balaban J connectivity index is 2.72. The van der Waals surface area contributed by atoms with Crippen molar-refractivity contribution in [1.29, 1.82) is 0 Å². The predicted octanol–water partition coefficient (Wildman–Crippen LogP) is -1.39. The highest BCUT2D eigenvalue weighted by molar-refractivity contribution is 6.05. The van der Waals surface area contributed by atoms with E-state index in [4.69, 9.17) is 5.90 Å². The summed E-state index contributed by atoms with van der Waals surface area (Å²) in [4.78, 5) is 25.7. The van der Waals surface area contributed by atoms with Crippen molar-refractivity contribution in [2.45, 2.75) is 0 Å². The van der Waals surface area contributed by atoms with Gasteiger partial charge in [-0.1, -0.05) is 0 Å². The summed E-state index contributed by atoms with van der Waals surface area (Å²) in [5.74, 6) is 4.32. The predicted molar refractivity (Wildman–Crippen MR) is 51.9 cm³/mol. The number of hydrogen-bond donors (Lipinski definition) is 2. The van der Waals surface area contributed by atoms with Crippen molar-refractivity contribution >= 4 is 27.8 Å². The number of benzene rings is 1. The maximum atomic E-state index is 11.4. The molecule has 13 nitrogen and oxygen atoms in total. The molecule has 0 aliphatic rings. The van der Waals surface area contributed by atoms with Crippen LogP contribution in [0.25, 0.3) is 22.1 Å². The van der Waals surface area contributed by atoms with Gasteiger partial charge in [0.25, 0.3) is 16.8 Å². The van der Waals surface area contributed by atoms with Crippen LogP contribution in [0, 0.1) is 20.2 Å². The Hall–Kier alpha value is -3.22. The Kier molecular flexibility index (Phi) is 1.94. The lowest BCUT2D eigenvalue weighted by Gasteiger charge is -1.97. The number of nitrogens with one attached hydrogen (secondary N) is 1. The van der Waals surface area contributed by atoms with Gasteiger partial charge in [-0.2, -0.15) is 11.1 Å². The van der Waals surface area contributed by atoms with Crippen molar-refractivity contribution < 1.29 is 28.5 Å². The minimum atomic E-state index is -0.917.